The monoisotopic (exact) mass is 278 g/mol. The van der Waals surface area contributed by atoms with Crippen molar-refractivity contribution in [3.63, 3.8) is 0 Å². The fourth-order valence-electron chi connectivity index (χ4n) is 1.69. The summed E-state index contributed by atoms with van der Waals surface area (Å²) in [6.45, 7) is 0.517. The van der Waals surface area contributed by atoms with Gasteiger partial charge in [0.05, 0.1) is 17.3 Å². The van der Waals surface area contributed by atoms with Crippen molar-refractivity contribution in [2.24, 2.45) is 0 Å². The molecule has 1 aromatic heterocycles. The number of aromatic carboxylic acids is 1. The predicted molar refractivity (Wildman–Crippen MR) is 74.5 cm³/mol. The van der Waals surface area contributed by atoms with Crippen LogP contribution in [0.1, 0.15) is 14.7 Å². The lowest BCUT2D eigenvalue weighted by Gasteiger charge is -2.00. The molecule has 1 heterocycles. The predicted octanol–water partition coefficient (Wildman–Crippen LogP) is 2.28. The van der Waals surface area contributed by atoms with E-state index in [-0.39, 0.29) is 4.88 Å². The summed E-state index contributed by atoms with van der Waals surface area (Å²) in [4.78, 5) is 15.9. The van der Waals surface area contributed by atoms with Gasteiger partial charge in [0.2, 0.25) is 0 Å². The Morgan fingerprint density at radius 1 is 1.53 bits per heavy atom. The number of carboxylic acid groups (broad SMARTS) is 1. The van der Waals surface area contributed by atoms with Gasteiger partial charge in [-0.05, 0) is 12.1 Å². The highest BCUT2D eigenvalue weighted by atomic mass is 32.1. The Kier molecular flexibility index (Phi) is 4.13. The molecule has 0 aliphatic carbocycles. The third-order valence-corrected chi connectivity index (χ3v) is 3.65. The van der Waals surface area contributed by atoms with Crippen LogP contribution in [0.3, 0.4) is 0 Å². The standard InChI is InChI=1S/C13H14N2O3S/c1-18-6-5-10-15-11(12(19-10)13(16)17)8-3-2-4-9(14)7-8/h2-4,7H,5-6,14H2,1H3,(H,16,17). The normalized spacial score (nSPS) is 10.6. The van der Waals surface area contributed by atoms with Gasteiger partial charge in [-0.25, -0.2) is 9.78 Å². The number of benzene rings is 1. The molecule has 0 bridgehead atoms. The van der Waals surface area contributed by atoms with Gasteiger partial charge < -0.3 is 15.6 Å². The smallest absolute Gasteiger partial charge is 0.348 e. The molecule has 0 saturated carbocycles. The van der Waals surface area contributed by atoms with Gasteiger partial charge in [-0.1, -0.05) is 12.1 Å². The summed E-state index contributed by atoms with van der Waals surface area (Å²) >= 11 is 1.18. The highest BCUT2D eigenvalue weighted by Gasteiger charge is 2.18. The van der Waals surface area contributed by atoms with Gasteiger partial charge in [0.25, 0.3) is 0 Å². The minimum Gasteiger partial charge on any atom is -0.477 e. The Bertz CT molecular complexity index is 595. The Morgan fingerprint density at radius 2 is 2.32 bits per heavy atom. The first-order valence-corrected chi connectivity index (χ1v) is 6.51. The minimum atomic E-state index is -0.974. The van der Waals surface area contributed by atoms with Crippen LogP contribution in [0.4, 0.5) is 5.69 Å². The van der Waals surface area contributed by atoms with E-state index in [1.165, 1.54) is 11.3 Å². The lowest BCUT2D eigenvalue weighted by molar-refractivity contribution is 0.0702. The van der Waals surface area contributed by atoms with Crippen molar-refractivity contribution in [3.05, 3.63) is 34.2 Å². The fourth-order valence-corrected chi connectivity index (χ4v) is 2.59. The lowest BCUT2D eigenvalue weighted by Crippen LogP contribution is -1.96. The van der Waals surface area contributed by atoms with Crippen LogP contribution in [0.5, 0.6) is 0 Å². The number of thiazole rings is 1. The number of nitrogen functional groups attached to an aromatic ring is 1. The molecule has 5 nitrogen and oxygen atoms in total. The van der Waals surface area contributed by atoms with Crippen LogP contribution >= 0.6 is 11.3 Å². The van der Waals surface area contributed by atoms with Crippen molar-refractivity contribution >= 4 is 23.0 Å². The van der Waals surface area contributed by atoms with E-state index in [2.05, 4.69) is 4.98 Å². The topological polar surface area (TPSA) is 85.4 Å². The molecule has 0 fully saturated rings. The maximum Gasteiger partial charge on any atom is 0.348 e. The maximum atomic E-state index is 11.3. The summed E-state index contributed by atoms with van der Waals surface area (Å²) in [5, 5.41) is 9.99. The van der Waals surface area contributed by atoms with E-state index < -0.39 is 5.97 Å². The number of anilines is 1. The molecule has 0 spiro atoms. The van der Waals surface area contributed by atoms with E-state index in [0.717, 1.165) is 10.6 Å². The lowest BCUT2D eigenvalue weighted by atomic mass is 10.1. The number of hydrogen-bond acceptors (Lipinski definition) is 5. The molecule has 100 valence electrons. The van der Waals surface area contributed by atoms with Crippen molar-refractivity contribution in [2.75, 3.05) is 19.5 Å². The first-order valence-electron chi connectivity index (χ1n) is 5.69. The van der Waals surface area contributed by atoms with E-state index in [0.29, 0.717) is 24.4 Å². The van der Waals surface area contributed by atoms with Gasteiger partial charge >= 0.3 is 5.97 Å². The van der Waals surface area contributed by atoms with Crippen molar-refractivity contribution in [1.82, 2.24) is 4.98 Å². The Balaban J connectivity index is 2.43. The molecule has 0 saturated heterocycles. The van der Waals surface area contributed by atoms with Crippen molar-refractivity contribution < 1.29 is 14.6 Å². The second kappa shape index (κ2) is 5.81. The number of methoxy groups -OCH3 is 1. The summed E-state index contributed by atoms with van der Waals surface area (Å²) in [7, 11) is 1.60. The molecular formula is C13H14N2O3S. The Labute approximate surface area is 114 Å². The van der Waals surface area contributed by atoms with Crippen molar-refractivity contribution in [1.29, 1.82) is 0 Å². The zero-order valence-electron chi connectivity index (χ0n) is 10.4. The average molecular weight is 278 g/mol. The first kappa shape index (κ1) is 13.5. The molecule has 0 aliphatic rings. The molecule has 1 aromatic carbocycles. The summed E-state index contributed by atoms with van der Waals surface area (Å²) < 4.78 is 4.98. The SMILES string of the molecule is COCCc1nc(-c2cccc(N)c2)c(C(=O)O)s1. The number of carbonyl (C=O) groups is 1. The maximum absolute atomic E-state index is 11.3. The number of ether oxygens (including phenoxy) is 1. The third-order valence-electron chi connectivity index (χ3n) is 2.55. The molecule has 19 heavy (non-hydrogen) atoms. The fraction of sp³-hybridized carbons (Fsp3) is 0.231. The van der Waals surface area contributed by atoms with Gasteiger partial charge in [0.1, 0.15) is 4.88 Å². The van der Waals surface area contributed by atoms with Gasteiger partial charge in [0.15, 0.2) is 0 Å². The third kappa shape index (κ3) is 3.10. The number of nitrogens with zero attached hydrogens (tertiary/aromatic N) is 1. The number of nitrogens with two attached hydrogens (primary N) is 1. The van der Waals surface area contributed by atoms with Crippen LogP contribution in [0.25, 0.3) is 11.3 Å². The van der Waals surface area contributed by atoms with Crippen LogP contribution in [0, 0.1) is 0 Å². The molecule has 3 N–H and O–H groups in total. The summed E-state index contributed by atoms with van der Waals surface area (Å²) in [6.07, 6.45) is 0.601. The van der Waals surface area contributed by atoms with Gasteiger partial charge in [-0.3, -0.25) is 0 Å². The summed E-state index contributed by atoms with van der Waals surface area (Å²) in [5.74, 6) is -0.974. The highest BCUT2D eigenvalue weighted by Crippen LogP contribution is 2.29. The van der Waals surface area contributed by atoms with Gasteiger partial charge in [0, 0.05) is 24.8 Å². The first-order chi connectivity index (χ1) is 9.11. The van der Waals surface area contributed by atoms with E-state index in [4.69, 9.17) is 10.5 Å². The Hall–Kier alpha value is -1.92. The molecule has 0 amide bonds. The molecule has 0 unspecified atom stereocenters. The minimum absolute atomic E-state index is 0.233. The van der Waals surface area contributed by atoms with Crippen LogP contribution in [0.15, 0.2) is 24.3 Å². The van der Waals surface area contributed by atoms with Crippen LogP contribution in [0.2, 0.25) is 0 Å². The number of hydrogen-bond donors (Lipinski definition) is 2. The van der Waals surface area contributed by atoms with Crippen LogP contribution < -0.4 is 5.73 Å². The second-order valence-electron chi connectivity index (χ2n) is 3.96. The molecular weight excluding hydrogens is 264 g/mol. The molecule has 0 aliphatic heterocycles. The average Bonchev–Trinajstić information content (AvgIpc) is 2.80. The molecule has 6 heteroatoms. The van der Waals surface area contributed by atoms with E-state index in [9.17, 15) is 9.90 Å². The second-order valence-corrected chi connectivity index (χ2v) is 5.04. The number of aromatic nitrogens is 1. The van der Waals surface area contributed by atoms with Gasteiger partial charge in [-0.2, -0.15) is 0 Å². The molecule has 2 aromatic rings. The highest BCUT2D eigenvalue weighted by molar-refractivity contribution is 7.14. The van der Waals surface area contributed by atoms with Crippen LogP contribution in [-0.2, 0) is 11.2 Å². The van der Waals surface area contributed by atoms with Crippen molar-refractivity contribution in [3.8, 4) is 11.3 Å². The largest absolute Gasteiger partial charge is 0.477 e. The van der Waals surface area contributed by atoms with Crippen LogP contribution in [-0.4, -0.2) is 29.8 Å². The molecule has 0 atom stereocenters. The Morgan fingerprint density at radius 3 is 2.95 bits per heavy atom. The molecule has 2 rings (SSSR count). The van der Waals surface area contributed by atoms with Crippen molar-refractivity contribution in [2.45, 2.75) is 6.42 Å². The zero-order chi connectivity index (χ0) is 13.8. The zero-order valence-corrected chi connectivity index (χ0v) is 11.2. The summed E-state index contributed by atoms with van der Waals surface area (Å²) in [6, 6.07) is 7.06. The van der Waals surface area contributed by atoms with E-state index in [1.807, 2.05) is 0 Å². The van der Waals surface area contributed by atoms with E-state index >= 15 is 0 Å². The van der Waals surface area contributed by atoms with E-state index in [1.54, 1.807) is 31.4 Å². The quantitative estimate of drug-likeness (QED) is 0.819. The molecule has 0 radical (unpaired) electrons. The summed E-state index contributed by atoms with van der Waals surface area (Å²) in [5.41, 5.74) is 7.49. The number of carboxylic acids is 1. The number of rotatable bonds is 5. The van der Waals surface area contributed by atoms with Gasteiger partial charge in [-0.15, -0.1) is 11.3 Å².